The second-order valence-electron chi connectivity index (χ2n) is 3.98. The van der Waals surface area contributed by atoms with Gasteiger partial charge in [-0.1, -0.05) is 15.9 Å². The Morgan fingerprint density at radius 1 is 1.50 bits per heavy atom. The van der Waals surface area contributed by atoms with Crippen molar-refractivity contribution in [2.24, 2.45) is 5.84 Å². The van der Waals surface area contributed by atoms with Crippen LogP contribution in [-0.2, 0) is 0 Å². The summed E-state index contributed by atoms with van der Waals surface area (Å²) in [6.07, 6.45) is 0.761. The number of benzene rings is 1. The Balaban J connectivity index is 2.81. The summed E-state index contributed by atoms with van der Waals surface area (Å²) in [4.78, 5) is 2.04. The number of hydrogen-bond acceptors (Lipinski definition) is 3. The van der Waals surface area contributed by atoms with Gasteiger partial charge < -0.3 is 4.90 Å². The first-order valence-corrected chi connectivity index (χ1v) is 5.89. The third-order valence-electron chi connectivity index (χ3n) is 2.40. The van der Waals surface area contributed by atoms with Gasteiger partial charge in [-0.3, -0.25) is 11.3 Å². The van der Waals surface area contributed by atoms with Crippen molar-refractivity contribution < 1.29 is 4.39 Å². The molecule has 0 saturated carbocycles. The van der Waals surface area contributed by atoms with Gasteiger partial charge >= 0.3 is 0 Å². The van der Waals surface area contributed by atoms with E-state index in [1.807, 2.05) is 19.0 Å². The predicted octanol–water partition coefficient (Wildman–Crippen LogP) is 2.04. The van der Waals surface area contributed by atoms with Gasteiger partial charge in [-0.05, 0) is 45.3 Å². The van der Waals surface area contributed by atoms with E-state index >= 15 is 0 Å². The van der Waals surface area contributed by atoms with Gasteiger partial charge in [0, 0.05) is 10.0 Å². The molecule has 0 radical (unpaired) electrons. The van der Waals surface area contributed by atoms with E-state index in [0.29, 0.717) is 5.56 Å². The van der Waals surface area contributed by atoms with E-state index in [4.69, 9.17) is 5.84 Å². The highest BCUT2D eigenvalue weighted by molar-refractivity contribution is 9.10. The molecule has 5 heteroatoms. The minimum atomic E-state index is -0.232. The molecule has 0 aromatic heterocycles. The molecular formula is C11H17BrFN3. The Kier molecular flexibility index (Phi) is 5.34. The van der Waals surface area contributed by atoms with E-state index in [2.05, 4.69) is 21.4 Å². The standard InChI is InChI=1S/C11H17BrFN3/c1-16(2)6-5-11(15-14)9-7-8(12)3-4-10(9)13/h3-4,7,11,15H,5-6,14H2,1-2H3. The van der Waals surface area contributed by atoms with Crippen LogP contribution in [0.5, 0.6) is 0 Å². The second kappa shape index (κ2) is 6.30. The molecule has 16 heavy (non-hydrogen) atoms. The normalized spacial score (nSPS) is 13.1. The van der Waals surface area contributed by atoms with Crippen LogP contribution in [0.15, 0.2) is 22.7 Å². The van der Waals surface area contributed by atoms with Crippen LogP contribution in [0.25, 0.3) is 0 Å². The minimum absolute atomic E-state index is 0.167. The fourth-order valence-corrected chi connectivity index (χ4v) is 1.88. The van der Waals surface area contributed by atoms with Gasteiger partial charge in [0.1, 0.15) is 5.82 Å². The van der Waals surface area contributed by atoms with Gasteiger partial charge in [0.15, 0.2) is 0 Å². The molecule has 0 aliphatic heterocycles. The van der Waals surface area contributed by atoms with E-state index in [0.717, 1.165) is 17.4 Å². The molecule has 1 rings (SSSR count). The van der Waals surface area contributed by atoms with Crippen LogP contribution in [-0.4, -0.2) is 25.5 Å². The molecule has 1 unspecified atom stereocenters. The Hall–Kier alpha value is -0.490. The van der Waals surface area contributed by atoms with Crippen molar-refractivity contribution in [2.45, 2.75) is 12.5 Å². The Morgan fingerprint density at radius 2 is 2.19 bits per heavy atom. The number of rotatable bonds is 5. The number of nitrogens with zero attached hydrogens (tertiary/aromatic N) is 1. The number of halogens is 2. The second-order valence-corrected chi connectivity index (χ2v) is 4.89. The smallest absolute Gasteiger partial charge is 0.128 e. The summed E-state index contributed by atoms with van der Waals surface area (Å²) >= 11 is 3.33. The van der Waals surface area contributed by atoms with Crippen molar-refractivity contribution in [3.05, 3.63) is 34.1 Å². The van der Waals surface area contributed by atoms with Crippen molar-refractivity contribution in [1.29, 1.82) is 0 Å². The lowest BCUT2D eigenvalue weighted by molar-refractivity contribution is 0.358. The summed E-state index contributed by atoms with van der Waals surface area (Å²) in [6.45, 7) is 0.848. The third-order valence-corrected chi connectivity index (χ3v) is 2.89. The average molecular weight is 290 g/mol. The highest BCUT2D eigenvalue weighted by Gasteiger charge is 2.14. The molecule has 0 bridgehead atoms. The summed E-state index contributed by atoms with van der Waals surface area (Å²) in [7, 11) is 3.95. The maximum Gasteiger partial charge on any atom is 0.128 e. The zero-order valence-corrected chi connectivity index (χ0v) is 11.1. The number of nitrogens with one attached hydrogen (secondary N) is 1. The molecule has 0 spiro atoms. The Labute approximate surface area is 104 Å². The van der Waals surface area contributed by atoms with E-state index in [-0.39, 0.29) is 11.9 Å². The highest BCUT2D eigenvalue weighted by Crippen LogP contribution is 2.23. The van der Waals surface area contributed by atoms with Crippen molar-refractivity contribution in [3.8, 4) is 0 Å². The first-order valence-electron chi connectivity index (χ1n) is 5.10. The van der Waals surface area contributed by atoms with Gasteiger partial charge in [-0.15, -0.1) is 0 Å². The van der Waals surface area contributed by atoms with Gasteiger partial charge in [0.25, 0.3) is 0 Å². The largest absolute Gasteiger partial charge is 0.309 e. The van der Waals surface area contributed by atoms with Gasteiger partial charge in [-0.25, -0.2) is 4.39 Å². The van der Waals surface area contributed by atoms with Crippen LogP contribution >= 0.6 is 15.9 Å². The molecule has 0 fully saturated rings. The lowest BCUT2D eigenvalue weighted by atomic mass is 10.0. The topological polar surface area (TPSA) is 41.3 Å². The first-order chi connectivity index (χ1) is 7.54. The molecule has 0 amide bonds. The van der Waals surface area contributed by atoms with Gasteiger partial charge in [0.05, 0.1) is 6.04 Å². The van der Waals surface area contributed by atoms with Crippen LogP contribution in [0.2, 0.25) is 0 Å². The quantitative estimate of drug-likeness (QED) is 0.644. The summed E-state index contributed by atoms with van der Waals surface area (Å²) in [5, 5.41) is 0. The SMILES string of the molecule is CN(C)CCC(NN)c1cc(Br)ccc1F. The van der Waals surface area contributed by atoms with Crippen molar-refractivity contribution in [2.75, 3.05) is 20.6 Å². The van der Waals surface area contributed by atoms with Gasteiger partial charge in [0.2, 0.25) is 0 Å². The Morgan fingerprint density at radius 3 is 2.75 bits per heavy atom. The summed E-state index contributed by atoms with van der Waals surface area (Å²) in [6, 6.07) is 4.72. The van der Waals surface area contributed by atoms with Crippen LogP contribution in [0, 0.1) is 5.82 Å². The summed E-state index contributed by atoms with van der Waals surface area (Å²) in [5.41, 5.74) is 3.25. The van der Waals surface area contributed by atoms with Crippen LogP contribution in [0.4, 0.5) is 4.39 Å². The molecule has 90 valence electrons. The molecule has 0 aliphatic carbocycles. The molecule has 0 saturated heterocycles. The lowest BCUT2D eigenvalue weighted by Crippen LogP contribution is -2.31. The molecule has 3 N–H and O–H groups in total. The Bertz CT molecular complexity index is 344. The lowest BCUT2D eigenvalue weighted by Gasteiger charge is -2.19. The van der Waals surface area contributed by atoms with Crippen molar-refractivity contribution in [3.63, 3.8) is 0 Å². The molecule has 1 atom stereocenters. The maximum absolute atomic E-state index is 13.6. The zero-order valence-electron chi connectivity index (χ0n) is 9.50. The number of hydrogen-bond donors (Lipinski definition) is 2. The fourth-order valence-electron chi connectivity index (χ4n) is 1.50. The molecule has 3 nitrogen and oxygen atoms in total. The molecule has 0 heterocycles. The molecule has 1 aromatic carbocycles. The number of nitrogens with two attached hydrogens (primary N) is 1. The van der Waals surface area contributed by atoms with Gasteiger partial charge in [-0.2, -0.15) is 0 Å². The monoisotopic (exact) mass is 289 g/mol. The summed E-state index contributed by atoms with van der Waals surface area (Å²) in [5.74, 6) is 5.23. The highest BCUT2D eigenvalue weighted by atomic mass is 79.9. The molecule has 0 aliphatic rings. The number of hydrazine groups is 1. The zero-order chi connectivity index (χ0) is 12.1. The van der Waals surface area contributed by atoms with Crippen LogP contribution in [0.1, 0.15) is 18.0 Å². The van der Waals surface area contributed by atoms with E-state index < -0.39 is 0 Å². The van der Waals surface area contributed by atoms with Crippen molar-refractivity contribution in [1.82, 2.24) is 10.3 Å². The van der Waals surface area contributed by atoms with Crippen LogP contribution in [0.3, 0.4) is 0 Å². The fraction of sp³-hybridized carbons (Fsp3) is 0.455. The first kappa shape index (κ1) is 13.6. The molecular weight excluding hydrogens is 273 g/mol. The third kappa shape index (κ3) is 3.83. The summed E-state index contributed by atoms with van der Waals surface area (Å²) < 4.78 is 14.5. The van der Waals surface area contributed by atoms with E-state index in [1.165, 1.54) is 6.07 Å². The van der Waals surface area contributed by atoms with Crippen molar-refractivity contribution >= 4 is 15.9 Å². The molecule has 1 aromatic rings. The van der Waals surface area contributed by atoms with Crippen LogP contribution < -0.4 is 11.3 Å². The van der Waals surface area contributed by atoms with E-state index in [9.17, 15) is 4.39 Å². The minimum Gasteiger partial charge on any atom is -0.309 e. The average Bonchev–Trinajstić information content (AvgIpc) is 2.23. The maximum atomic E-state index is 13.6. The van der Waals surface area contributed by atoms with E-state index in [1.54, 1.807) is 12.1 Å². The predicted molar refractivity (Wildman–Crippen MR) is 67.3 cm³/mol.